The standard InChI is InChI=1S/C13H16N6OS/c1-2-17-12(20)7-3-4-8(14)9(5-7)21-13-18-10(15)6-11(16)19-13/h3-6H,2,14H2,1H3,(H,17,20)(H4,15,16,18,19). The van der Waals surface area contributed by atoms with Crippen LogP contribution in [0.3, 0.4) is 0 Å². The summed E-state index contributed by atoms with van der Waals surface area (Å²) in [5, 5.41) is 3.11. The number of nitrogens with two attached hydrogens (primary N) is 3. The molecule has 0 spiro atoms. The summed E-state index contributed by atoms with van der Waals surface area (Å²) in [6, 6.07) is 6.49. The van der Waals surface area contributed by atoms with E-state index in [1.165, 1.54) is 17.8 Å². The first-order valence-corrected chi connectivity index (χ1v) is 7.07. The van der Waals surface area contributed by atoms with Crippen LogP contribution >= 0.6 is 11.8 Å². The van der Waals surface area contributed by atoms with Gasteiger partial charge < -0.3 is 22.5 Å². The van der Waals surface area contributed by atoms with Crippen LogP contribution in [0.4, 0.5) is 17.3 Å². The molecule has 0 atom stereocenters. The van der Waals surface area contributed by atoms with Crippen molar-refractivity contribution >= 4 is 35.0 Å². The zero-order chi connectivity index (χ0) is 15.4. The van der Waals surface area contributed by atoms with E-state index in [0.29, 0.717) is 27.8 Å². The van der Waals surface area contributed by atoms with Crippen molar-refractivity contribution in [3.8, 4) is 0 Å². The van der Waals surface area contributed by atoms with E-state index in [1.54, 1.807) is 18.2 Å². The van der Waals surface area contributed by atoms with E-state index in [0.717, 1.165) is 0 Å². The normalized spacial score (nSPS) is 10.3. The zero-order valence-corrected chi connectivity index (χ0v) is 12.3. The molecule has 0 saturated heterocycles. The Kier molecular flexibility index (Phi) is 4.49. The molecule has 1 aromatic heterocycles. The molecule has 21 heavy (non-hydrogen) atoms. The highest BCUT2D eigenvalue weighted by Gasteiger charge is 2.11. The minimum absolute atomic E-state index is 0.160. The Bertz CT molecular complexity index is 655. The lowest BCUT2D eigenvalue weighted by atomic mass is 10.2. The molecule has 7 nitrogen and oxygen atoms in total. The maximum atomic E-state index is 11.8. The molecule has 1 aromatic carbocycles. The summed E-state index contributed by atoms with van der Waals surface area (Å²) < 4.78 is 0. The lowest BCUT2D eigenvalue weighted by Crippen LogP contribution is -2.22. The van der Waals surface area contributed by atoms with Gasteiger partial charge in [-0.2, -0.15) is 0 Å². The average Bonchev–Trinajstić information content (AvgIpc) is 2.40. The van der Waals surface area contributed by atoms with Crippen LogP contribution in [0.25, 0.3) is 0 Å². The molecule has 0 radical (unpaired) electrons. The average molecular weight is 304 g/mol. The number of nitrogen functional groups attached to an aromatic ring is 3. The van der Waals surface area contributed by atoms with Gasteiger partial charge in [0.1, 0.15) is 11.6 Å². The first kappa shape index (κ1) is 14.9. The molecule has 0 aliphatic rings. The Labute approximate surface area is 126 Å². The van der Waals surface area contributed by atoms with Gasteiger partial charge >= 0.3 is 0 Å². The Morgan fingerprint density at radius 1 is 1.19 bits per heavy atom. The van der Waals surface area contributed by atoms with Crippen LogP contribution in [0.15, 0.2) is 34.3 Å². The van der Waals surface area contributed by atoms with Crippen molar-refractivity contribution in [2.45, 2.75) is 17.0 Å². The Morgan fingerprint density at radius 2 is 1.86 bits per heavy atom. The smallest absolute Gasteiger partial charge is 0.251 e. The van der Waals surface area contributed by atoms with E-state index in [9.17, 15) is 4.79 Å². The topological polar surface area (TPSA) is 133 Å². The third kappa shape index (κ3) is 3.76. The molecule has 2 rings (SSSR count). The summed E-state index contributed by atoms with van der Waals surface area (Å²) in [7, 11) is 0. The number of amides is 1. The van der Waals surface area contributed by atoms with Gasteiger partial charge in [0.05, 0.1) is 0 Å². The van der Waals surface area contributed by atoms with Crippen LogP contribution in [0.2, 0.25) is 0 Å². The molecule has 8 heteroatoms. The van der Waals surface area contributed by atoms with Crippen molar-refractivity contribution in [1.82, 2.24) is 15.3 Å². The molecule has 0 unspecified atom stereocenters. The highest BCUT2D eigenvalue weighted by molar-refractivity contribution is 7.99. The maximum absolute atomic E-state index is 11.8. The van der Waals surface area contributed by atoms with Gasteiger partial charge in [0.2, 0.25) is 0 Å². The molecule has 0 aliphatic heterocycles. The Morgan fingerprint density at radius 3 is 2.48 bits per heavy atom. The molecular weight excluding hydrogens is 288 g/mol. The van der Waals surface area contributed by atoms with Crippen LogP contribution in [0, 0.1) is 0 Å². The molecule has 1 heterocycles. The van der Waals surface area contributed by atoms with Crippen LogP contribution in [0.5, 0.6) is 0 Å². The summed E-state index contributed by atoms with van der Waals surface area (Å²) >= 11 is 1.20. The van der Waals surface area contributed by atoms with Gasteiger partial charge in [0.15, 0.2) is 5.16 Å². The predicted octanol–water partition coefficient (Wildman–Crippen LogP) is 1.12. The fraction of sp³-hybridized carbons (Fsp3) is 0.154. The van der Waals surface area contributed by atoms with Gasteiger partial charge in [0, 0.05) is 28.8 Å². The highest BCUT2D eigenvalue weighted by Crippen LogP contribution is 2.31. The number of nitrogens with one attached hydrogen (secondary N) is 1. The van der Waals surface area contributed by atoms with Crippen molar-refractivity contribution in [2.75, 3.05) is 23.7 Å². The summed E-state index contributed by atoms with van der Waals surface area (Å²) in [4.78, 5) is 20.7. The number of hydrogen-bond acceptors (Lipinski definition) is 7. The summed E-state index contributed by atoms with van der Waals surface area (Å²) in [5.74, 6) is 0.402. The summed E-state index contributed by atoms with van der Waals surface area (Å²) in [5.41, 5.74) is 18.2. The number of carbonyl (C=O) groups excluding carboxylic acids is 1. The van der Waals surface area contributed by atoms with Gasteiger partial charge in [0.25, 0.3) is 5.91 Å². The second-order valence-electron chi connectivity index (χ2n) is 4.21. The van der Waals surface area contributed by atoms with E-state index in [1.807, 2.05) is 6.92 Å². The van der Waals surface area contributed by atoms with Gasteiger partial charge in [-0.05, 0) is 36.9 Å². The lowest BCUT2D eigenvalue weighted by molar-refractivity contribution is 0.0955. The minimum atomic E-state index is -0.160. The largest absolute Gasteiger partial charge is 0.398 e. The number of rotatable bonds is 4. The minimum Gasteiger partial charge on any atom is -0.398 e. The molecule has 0 saturated carbocycles. The van der Waals surface area contributed by atoms with Crippen LogP contribution < -0.4 is 22.5 Å². The monoisotopic (exact) mass is 304 g/mol. The number of nitrogens with zero attached hydrogens (tertiary/aromatic N) is 2. The zero-order valence-electron chi connectivity index (χ0n) is 11.5. The van der Waals surface area contributed by atoms with Crippen LogP contribution in [0.1, 0.15) is 17.3 Å². The highest BCUT2D eigenvalue weighted by atomic mass is 32.2. The van der Waals surface area contributed by atoms with E-state index in [4.69, 9.17) is 17.2 Å². The maximum Gasteiger partial charge on any atom is 0.251 e. The molecule has 7 N–H and O–H groups in total. The van der Waals surface area contributed by atoms with Gasteiger partial charge in [-0.15, -0.1) is 0 Å². The third-order valence-electron chi connectivity index (χ3n) is 2.56. The summed E-state index contributed by atoms with van der Waals surface area (Å²) in [6.07, 6.45) is 0. The van der Waals surface area contributed by atoms with Crippen LogP contribution in [-0.2, 0) is 0 Å². The van der Waals surface area contributed by atoms with Gasteiger partial charge in [-0.25, -0.2) is 9.97 Å². The van der Waals surface area contributed by atoms with E-state index in [2.05, 4.69) is 15.3 Å². The Balaban J connectivity index is 2.30. The fourth-order valence-electron chi connectivity index (χ4n) is 1.63. The molecule has 2 aromatic rings. The fourth-order valence-corrected chi connectivity index (χ4v) is 2.50. The summed E-state index contributed by atoms with van der Waals surface area (Å²) in [6.45, 7) is 2.41. The molecule has 1 amide bonds. The molecular formula is C13H16N6OS. The first-order valence-electron chi connectivity index (χ1n) is 6.25. The quantitative estimate of drug-likeness (QED) is 0.491. The number of hydrogen-bond donors (Lipinski definition) is 4. The van der Waals surface area contributed by atoms with Crippen LogP contribution in [-0.4, -0.2) is 22.4 Å². The Hall–Kier alpha value is -2.48. The second kappa shape index (κ2) is 6.31. The number of aromatic nitrogens is 2. The van der Waals surface area contributed by atoms with Gasteiger partial charge in [-0.3, -0.25) is 4.79 Å². The van der Waals surface area contributed by atoms with Crippen molar-refractivity contribution in [3.63, 3.8) is 0 Å². The van der Waals surface area contributed by atoms with E-state index in [-0.39, 0.29) is 17.5 Å². The van der Waals surface area contributed by atoms with Gasteiger partial charge in [-0.1, -0.05) is 0 Å². The molecule has 0 bridgehead atoms. The second-order valence-corrected chi connectivity index (χ2v) is 5.22. The van der Waals surface area contributed by atoms with E-state index < -0.39 is 0 Å². The number of carbonyl (C=O) groups is 1. The molecule has 0 fully saturated rings. The van der Waals surface area contributed by atoms with Crippen molar-refractivity contribution < 1.29 is 4.79 Å². The number of benzene rings is 1. The lowest BCUT2D eigenvalue weighted by Gasteiger charge is -2.08. The van der Waals surface area contributed by atoms with E-state index >= 15 is 0 Å². The SMILES string of the molecule is CCNC(=O)c1ccc(N)c(Sc2nc(N)cc(N)n2)c1. The predicted molar refractivity (Wildman–Crippen MR) is 83.8 cm³/mol. The van der Waals surface area contributed by atoms with Crippen molar-refractivity contribution in [2.24, 2.45) is 0 Å². The first-order chi connectivity index (χ1) is 9.99. The number of anilines is 3. The molecule has 0 aliphatic carbocycles. The third-order valence-corrected chi connectivity index (χ3v) is 3.50. The molecule has 110 valence electrons. The van der Waals surface area contributed by atoms with Crippen molar-refractivity contribution in [1.29, 1.82) is 0 Å². The van der Waals surface area contributed by atoms with Crippen molar-refractivity contribution in [3.05, 3.63) is 29.8 Å².